The molecule has 3 rings (SSSR count). The molecule has 1 aromatic heterocycles. The monoisotopic (exact) mass is 372 g/mol. The maximum atomic E-state index is 12.7. The lowest BCUT2D eigenvalue weighted by atomic mass is 10.0. The van der Waals surface area contributed by atoms with Gasteiger partial charge < -0.3 is 16.0 Å². The molecule has 0 aliphatic carbocycles. The van der Waals surface area contributed by atoms with Gasteiger partial charge in [-0.05, 0) is 44.9 Å². The van der Waals surface area contributed by atoms with Crippen LogP contribution in [0.5, 0.6) is 0 Å². The summed E-state index contributed by atoms with van der Waals surface area (Å²) in [5.41, 5.74) is 9.80. The SMILES string of the molecule is Cc1ccc(C(=O)Nc2sc3c(c2C(N)=O)CC[NH+](C(C)C)C3)c(C)c1. The fraction of sp³-hybridized carbons (Fsp3) is 0.400. The molecule has 2 amide bonds. The van der Waals surface area contributed by atoms with Crippen LogP contribution >= 0.6 is 11.3 Å². The number of hydrogen-bond acceptors (Lipinski definition) is 3. The Labute approximate surface area is 158 Å². The zero-order chi connectivity index (χ0) is 19.0. The molecule has 138 valence electrons. The summed E-state index contributed by atoms with van der Waals surface area (Å²) in [4.78, 5) is 27.5. The average molecular weight is 373 g/mol. The lowest BCUT2D eigenvalue weighted by Gasteiger charge is -2.27. The molecular formula is C20H26N3O2S+. The quantitative estimate of drug-likeness (QED) is 0.768. The molecule has 1 aliphatic rings. The van der Waals surface area contributed by atoms with Gasteiger partial charge in [-0.15, -0.1) is 11.3 Å². The summed E-state index contributed by atoms with van der Waals surface area (Å²) >= 11 is 1.49. The Kier molecular flexibility index (Phi) is 5.16. The molecule has 0 fully saturated rings. The third-order valence-electron chi connectivity index (χ3n) is 5.09. The second-order valence-corrected chi connectivity index (χ2v) is 8.44. The minimum atomic E-state index is -0.466. The number of amides is 2. The van der Waals surface area contributed by atoms with Crippen LogP contribution in [0.3, 0.4) is 0 Å². The van der Waals surface area contributed by atoms with E-state index < -0.39 is 5.91 Å². The fourth-order valence-electron chi connectivity index (χ4n) is 3.58. The Bertz CT molecular complexity index is 870. The molecule has 26 heavy (non-hydrogen) atoms. The van der Waals surface area contributed by atoms with E-state index in [1.807, 2.05) is 32.0 Å². The first-order valence-electron chi connectivity index (χ1n) is 8.95. The maximum absolute atomic E-state index is 12.7. The zero-order valence-electron chi connectivity index (χ0n) is 15.7. The van der Waals surface area contributed by atoms with Crippen molar-refractivity contribution in [2.24, 2.45) is 5.73 Å². The number of nitrogens with two attached hydrogens (primary N) is 1. The number of benzene rings is 1. The Hall–Kier alpha value is -2.18. The van der Waals surface area contributed by atoms with Crippen molar-refractivity contribution in [1.29, 1.82) is 0 Å². The minimum absolute atomic E-state index is 0.198. The molecule has 1 atom stereocenters. The number of hydrogen-bond donors (Lipinski definition) is 3. The Morgan fingerprint density at radius 2 is 2.00 bits per heavy atom. The van der Waals surface area contributed by atoms with Gasteiger partial charge in [-0.3, -0.25) is 9.59 Å². The van der Waals surface area contributed by atoms with Gasteiger partial charge >= 0.3 is 0 Å². The largest absolute Gasteiger partial charge is 0.365 e. The van der Waals surface area contributed by atoms with E-state index in [0.717, 1.165) is 41.1 Å². The summed E-state index contributed by atoms with van der Waals surface area (Å²) in [6.45, 7) is 10.2. The molecule has 0 saturated carbocycles. The van der Waals surface area contributed by atoms with Crippen LogP contribution in [0.4, 0.5) is 5.00 Å². The summed E-state index contributed by atoms with van der Waals surface area (Å²) in [5.74, 6) is -0.664. The number of aryl methyl sites for hydroxylation is 2. The lowest BCUT2D eigenvalue weighted by molar-refractivity contribution is -0.936. The van der Waals surface area contributed by atoms with Crippen LogP contribution in [-0.2, 0) is 13.0 Å². The molecule has 1 aliphatic heterocycles. The van der Waals surface area contributed by atoms with Crippen molar-refractivity contribution in [3.8, 4) is 0 Å². The zero-order valence-corrected chi connectivity index (χ0v) is 16.5. The predicted molar refractivity (Wildman–Crippen MR) is 105 cm³/mol. The fourth-order valence-corrected chi connectivity index (χ4v) is 4.88. The topological polar surface area (TPSA) is 76.6 Å². The normalized spacial score (nSPS) is 16.4. The van der Waals surface area contributed by atoms with Crippen molar-refractivity contribution >= 4 is 28.2 Å². The molecular weight excluding hydrogens is 346 g/mol. The van der Waals surface area contributed by atoms with Gasteiger partial charge in [0.25, 0.3) is 11.8 Å². The number of carbonyl (C=O) groups is 2. The van der Waals surface area contributed by atoms with Crippen molar-refractivity contribution in [2.45, 2.75) is 46.7 Å². The first-order valence-corrected chi connectivity index (χ1v) is 9.77. The van der Waals surface area contributed by atoms with Crippen molar-refractivity contribution in [3.63, 3.8) is 0 Å². The summed E-state index contributed by atoms with van der Waals surface area (Å²) in [6.07, 6.45) is 0.817. The van der Waals surface area contributed by atoms with Crippen LogP contribution in [0.15, 0.2) is 18.2 Å². The molecule has 0 saturated heterocycles. The summed E-state index contributed by atoms with van der Waals surface area (Å²) < 4.78 is 0. The maximum Gasteiger partial charge on any atom is 0.256 e. The number of primary amides is 1. The van der Waals surface area contributed by atoms with E-state index in [4.69, 9.17) is 5.73 Å². The number of carbonyl (C=O) groups excluding carboxylic acids is 2. The Morgan fingerprint density at radius 1 is 1.27 bits per heavy atom. The number of fused-ring (bicyclic) bond motifs is 1. The third-order valence-corrected chi connectivity index (χ3v) is 6.24. The second-order valence-electron chi connectivity index (χ2n) is 7.33. The van der Waals surface area contributed by atoms with E-state index in [0.29, 0.717) is 22.2 Å². The molecule has 1 unspecified atom stereocenters. The third kappa shape index (κ3) is 3.52. The van der Waals surface area contributed by atoms with Gasteiger partial charge in [-0.2, -0.15) is 0 Å². The smallest absolute Gasteiger partial charge is 0.256 e. The van der Waals surface area contributed by atoms with Gasteiger partial charge in [0.2, 0.25) is 0 Å². The Morgan fingerprint density at radius 3 is 2.62 bits per heavy atom. The van der Waals surface area contributed by atoms with E-state index >= 15 is 0 Å². The number of quaternary nitrogens is 1. The van der Waals surface area contributed by atoms with E-state index in [-0.39, 0.29) is 5.91 Å². The highest BCUT2D eigenvalue weighted by atomic mass is 32.1. The molecule has 2 heterocycles. The highest BCUT2D eigenvalue weighted by Gasteiger charge is 2.30. The molecule has 0 radical (unpaired) electrons. The Balaban J connectivity index is 1.93. The van der Waals surface area contributed by atoms with Gasteiger partial charge in [-0.1, -0.05) is 17.7 Å². The van der Waals surface area contributed by atoms with E-state index in [1.54, 1.807) is 0 Å². The molecule has 4 N–H and O–H groups in total. The van der Waals surface area contributed by atoms with Crippen LogP contribution in [-0.4, -0.2) is 24.4 Å². The molecule has 2 aromatic rings. The van der Waals surface area contributed by atoms with Crippen LogP contribution in [0, 0.1) is 13.8 Å². The van der Waals surface area contributed by atoms with Gasteiger partial charge in [0, 0.05) is 12.0 Å². The van der Waals surface area contributed by atoms with Crippen LogP contribution in [0.2, 0.25) is 0 Å². The summed E-state index contributed by atoms with van der Waals surface area (Å²) in [5, 5.41) is 3.52. The van der Waals surface area contributed by atoms with Gasteiger partial charge in [-0.25, -0.2) is 0 Å². The first-order chi connectivity index (χ1) is 12.3. The van der Waals surface area contributed by atoms with Crippen molar-refractivity contribution in [1.82, 2.24) is 0 Å². The molecule has 5 nitrogen and oxygen atoms in total. The standard InChI is InChI=1S/C20H25N3O2S/c1-11(2)23-8-7-15-16(10-23)26-20(17(15)18(21)24)22-19(25)14-6-5-12(3)9-13(14)4/h5-6,9,11H,7-8,10H2,1-4H3,(H2,21,24)(H,22,25)/p+1. The summed E-state index contributed by atoms with van der Waals surface area (Å²) in [7, 11) is 0. The van der Waals surface area contributed by atoms with Gasteiger partial charge in [0.05, 0.1) is 23.0 Å². The van der Waals surface area contributed by atoms with Crippen LogP contribution in [0.1, 0.15) is 56.1 Å². The van der Waals surface area contributed by atoms with Gasteiger partial charge in [0.15, 0.2) is 0 Å². The molecule has 0 spiro atoms. The van der Waals surface area contributed by atoms with E-state index in [2.05, 4.69) is 19.2 Å². The van der Waals surface area contributed by atoms with Crippen molar-refractivity contribution < 1.29 is 14.5 Å². The van der Waals surface area contributed by atoms with E-state index in [1.165, 1.54) is 16.2 Å². The van der Waals surface area contributed by atoms with Crippen LogP contribution in [0.25, 0.3) is 0 Å². The van der Waals surface area contributed by atoms with E-state index in [9.17, 15) is 9.59 Å². The number of anilines is 1. The van der Waals surface area contributed by atoms with Crippen LogP contribution < -0.4 is 16.0 Å². The highest BCUT2D eigenvalue weighted by molar-refractivity contribution is 7.17. The predicted octanol–water partition coefficient (Wildman–Crippen LogP) is 2.07. The number of thiophene rings is 1. The van der Waals surface area contributed by atoms with Crippen molar-refractivity contribution in [3.05, 3.63) is 50.9 Å². The van der Waals surface area contributed by atoms with Crippen molar-refractivity contribution in [2.75, 3.05) is 11.9 Å². The second kappa shape index (κ2) is 7.21. The highest BCUT2D eigenvalue weighted by Crippen LogP contribution is 2.35. The summed E-state index contributed by atoms with van der Waals surface area (Å²) in [6, 6.07) is 6.24. The number of nitrogens with one attached hydrogen (secondary N) is 2. The number of rotatable bonds is 4. The minimum Gasteiger partial charge on any atom is -0.365 e. The average Bonchev–Trinajstić information content (AvgIpc) is 2.91. The first kappa shape index (κ1) is 18.6. The lowest BCUT2D eigenvalue weighted by Crippen LogP contribution is -3.14. The molecule has 0 bridgehead atoms. The molecule has 1 aromatic carbocycles. The molecule has 6 heteroatoms. The van der Waals surface area contributed by atoms with Gasteiger partial charge in [0.1, 0.15) is 11.5 Å².